The highest BCUT2D eigenvalue weighted by molar-refractivity contribution is 6.46. The van der Waals surface area contributed by atoms with Crippen molar-refractivity contribution in [2.75, 3.05) is 27.4 Å². The molecule has 2 aromatic carbocycles. The topological polar surface area (TPSA) is 91.9 Å². The summed E-state index contributed by atoms with van der Waals surface area (Å²) in [6, 6.07) is 10.3. The zero-order valence-electron chi connectivity index (χ0n) is 18.6. The van der Waals surface area contributed by atoms with Crippen LogP contribution in [0, 0.1) is 12.7 Å². The number of hydrogen-bond acceptors (Lipinski definition) is 5. The van der Waals surface area contributed by atoms with Crippen molar-refractivity contribution in [2.45, 2.75) is 19.4 Å². The molecular formula is C25H25FN2O5. The normalized spacial score (nSPS) is 17.8. The number of carbonyl (C=O) groups excluding carboxylic acids is 2. The third-order valence-corrected chi connectivity index (χ3v) is 5.92. The van der Waals surface area contributed by atoms with Crippen molar-refractivity contribution in [3.63, 3.8) is 0 Å². The van der Waals surface area contributed by atoms with E-state index in [1.54, 1.807) is 7.11 Å². The monoisotopic (exact) mass is 452 g/mol. The molecular weight excluding hydrogens is 427 g/mol. The number of ketones is 1. The number of aromatic amines is 1. The number of nitrogens with zero attached hydrogens (tertiary/aromatic N) is 1. The first-order chi connectivity index (χ1) is 15.9. The van der Waals surface area contributed by atoms with Crippen molar-refractivity contribution in [3.8, 4) is 5.75 Å². The van der Waals surface area contributed by atoms with Gasteiger partial charge in [0.15, 0.2) is 0 Å². The number of hydrogen-bond donors (Lipinski definition) is 2. The molecule has 172 valence electrons. The molecule has 33 heavy (non-hydrogen) atoms. The van der Waals surface area contributed by atoms with E-state index in [4.69, 9.17) is 9.47 Å². The van der Waals surface area contributed by atoms with E-state index in [0.717, 1.165) is 22.7 Å². The Hall–Kier alpha value is -3.65. The predicted molar refractivity (Wildman–Crippen MR) is 121 cm³/mol. The van der Waals surface area contributed by atoms with Crippen LogP contribution in [0.25, 0.3) is 16.7 Å². The average Bonchev–Trinajstić information content (AvgIpc) is 3.26. The number of H-pyrrole nitrogens is 1. The van der Waals surface area contributed by atoms with Gasteiger partial charge in [0.2, 0.25) is 0 Å². The number of aliphatic hydroxyl groups excluding tert-OH is 1. The van der Waals surface area contributed by atoms with Crippen LogP contribution < -0.4 is 4.74 Å². The maximum Gasteiger partial charge on any atom is 0.295 e. The first-order valence-electron chi connectivity index (χ1n) is 10.6. The molecule has 1 atom stereocenters. The molecule has 1 fully saturated rings. The van der Waals surface area contributed by atoms with Gasteiger partial charge in [-0.15, -0.1) is 0 Å². The zero-order chi connectivity index (χ0) is 23.7. The lowest BCUT2D eigenvalue weighted by atomic mass is 9.93. The van der Waals surface area contributed by atoms with Crippen molar-refractivity contribution in [2.24, 2.45) is 0 Å². The SMILES string of the molecule is COCCCN1C(=O)C(=O)/C(=C(/O)c2cc(F)ccc2OC)C1c1c(C)[nH]c2ccccc12. The fourth-order valence-corrected chi connectivity index (χ4v) is 4.45. The number of aromatic nitrogens is 1. The quantitative estimate of drug-likeness (QED) is 0.244. The summed E-state index contributed by atoms with van der Waals surface area (Å²) in [4.78, 5) is 31.0. The van der Waals surface area contributed by atoms with Gasteiger partial charge in [-0.1, -0.05) is 18.2 Å². The summed E-state index contributed by atoms with van der Waals surface area (Å²) in [6.45, 7) is 2.51. The summed E-state index contributed by atoms with van der Waals surface area (Å²) < 4.78 is 24.5. The standard InChI is InChI=1S/C25H25FN2O5/c1-14-20(16-7-4-5-8-18(16)27-14)22-21(24(30)25(31)28(22)11-6-12-32-2)23(29)17-13-15(26)9-10-19(17)33-3/h4-5,7-10,13,22,27,29H,6,11-12H2,1-3H3/b23-21+. The Morgan fingerprint density at radius 3 is 2.67 bits per heavy atom. The van der Waals surface area contributed by atoms with E-state index in [1.807, 2.05) is 31.2 Å². The first-order valence-corrected chi connectivity index (χ1v) is 10.6. The van der Waals surface area contributed by atoms with E-state index in [1.165, 1.54) is 24.1 Å². The molecule has 0 radical (unpaired) electrons. The Bertz CT molecular complexity index is 1260. The summed E-state index contributed by atoms with van der Waals surface area (Å²) in [5.74, 6) is -2.45. The van der Waals surface area contributed by atoms with Gasteiger partial charge in [-0.2, -0.15) is 0 Å². The third kappa shape index (κ3) is 3.87. The third-order valence-electron chi connectivity index (χ3n) is 5.92. The highest BCUT2D eigenvalue weighted by Gasteiger charge is 2.47. The molecule has 3 aromatic rings. The summed E-state index contributed by atoms with van der Waals surface area (Å²) >= 11 is 0. The maximum absolute atomic E-state index is 14.1. The molecule has 7 nitrogen and oxygen atoms in total. The van der Waals surface area contributed by atoms with Crippen molar-refractivity contribution in [1.82, 2.24) is 9.88 Å². The number of aryl methyl sites for hydroxylation is 1. The molecule has 2 N–H and O–H groups in total. The number of para-hydroxylation sites is 1. The number of fused-ring (bicyclic) bond motifs is 1. The number of nitrogens with one attached hydrogen (secondary N) is 1. The lowest BCUT2D eigenvalue weighted by Crippen LogP contribution is -2.31. The van der Waals surface area contributed by atoms with Crippen molar-refractivity contribution in [3.05, 3.63) is 70.7 Å². The lowest BCUT2D eigenvalue weighted by Gasteiger charge is -2.25. The number of ether oxygens (including phenoxy) is 2. The van der Waals surface area contributed by atoms with Gasteiger partial charge in [-0.05, 0) is 37.6 Å². The molecule has 4 rings (SSSR count). The molecule has 1 unspecified atom stereocenters. The van der Waals surface area contributed by atoms with E-state index < -0.39 is 29.3 Å². The molecule has 0 aliphatic carbocycles. The number of halogens is 1. The van der Waals surface area contributed by atoms with Crippen LogP contribution in [0.2, 0.25) is 0 Å². The summed E-state index contributed by atoms with van der Waals surface area (Å²) in [6.07, 6.45) is 0.505. The van der Waals surface area contributed by atoms with E-state index in [-0.39, 0.29) is 23.4 Å². The minimum atomic E-state index is -0.856. The number of methoxy groups -OCH3 is 2. The minimum absolute atomic E-state index is 0.00915. The predicted octanol–water partition coefficient (Wildman–Crippen LogP) is 4.08. The molecule has 1 saturated heterocycles. The number of carbonyl (C=O) groups is 2. The van der Waals surface area contributed by atoms with Crippen molar-refractivity contribution >= 4 is 28.4 Å². The molecule has 1 amide bonds. The van der Waals surface area contributed by atoms with Gasteiger partial charge in [0, 0.05) is 42.4 Å². The number of benzene rings is 2. The van der Waals surface area contributed by atoms with E-state index in [2.05, 4.69) is 4.98 Å². The minimum Gasteiger partial charge on any atom is -0.507 e. The molecule has 0 spiro atoms. The average molecular weight is 452 g/mol. The largest absolute Gasteiger partial charge is 0.507 e. The molecule has 1 aliphatic rings. The highest BCUT2D eigenvalue weighted by atomic mass is 19.1. The van der Waals surface area contributed by atoms with Gasteiger partial charge in [-0.3, -0.25) is 9.59 Å². The zero-order valence-corrected chi connectivity index (χ0v) is 18.6. The Morgan fingerprint density at radius 2 is 1.94 bits per heavy atom. The van der Waals surface area contributed by atoms with Crippen LogP contribution in [0.15, 0.2) is 48.0 Å². The van der Waals surface area contributed by atoms with E-state index in [9.17, 15) is 19.1 Å². The fourth-order valence-electron chi connectivity index (χ4n) is 4.45. The molecule has 0 bridgehead atoms. The van der Waals surface area contributed by atoms with Gasteiger partial charge in [-0.25, -0.2) is 4.39 Å². The number of likely N-dealkylation sites (tertiary alicyclic amines) is 1. The first kappa shape index (κ1) is 22.5. The van der Waals surface area contributed by atoms with Crippen LogP contribution >= 0.6 is 0 Å². The lowest BCUT2D eigenvalue weighted by molar-refractivity contribution is -0.140. The Labute approximate surface area is 190 Å². The number of Topliss-reactive ketones (excluding diaryl/α,β-unsaturated/α-hetero) is 1. The van der Waals surface area contributed by atoms with Crippen LogP contribution in [0.3, 0.4) is 0 Å². The number of rotatable bonds is 7. The van der Waals surface area contributed by atoms with Crippen LogP contribution in [0.4, 0.5) is 4.39 Å². The van der Waals surface area contributed by atoms with Crippen molar-refractivity contribution in [1.29, 1.82) is 0 Å². The Morgan fingerprint density at radius 1 is 1.18 bits per heavy atom. The van der Waals surface area contributed by atoms with Crippen LogP contribution in [0.1, 0.15) is 29.3 Å². The van der Waals surface area contributed by atoms with Gasteiger partial charge < -0.3 is 24.5 Å². The second-order valence-corrected chi connectivity index (χ2v) is 7.89. The van der Waals surface area contributed by atoms with Crippen LogP contribution in [0.5, 0.6) is 5.75 Å². The summed E-state index contributed by atoms with van der Waals surface area (Å²) in [5, 5.41) is 12.1. The summed E-state index contributed by atoms with van der Waals surface area (Å²) in [7, 11) is 2.94. The molecule has 1 aromatic heterocycles. The van der Waals surface area contributed by atoms with Gasteiger partial charge in [0.25, 0.3) is 11.7 Å². The number of amides is 1. The second-order valence-electron chi connectivity index (χ2n) is 7.89. The van der Waals surface area contributed by atoms with E-state index >= 15 is 0 Å². The van der Waals surface area contributed by atoms with Crippen LogP contribution in [-0.4, -0.2) is 54.1 Å². The molecule has 0 saturated carbocycles. The maximum atomic E-state index is 14.1. The molecule has 8 heteroatoms. The van der Waals surface area contributed by atoms with Gasteiger partial charge in [0.1, 0.15) is 17.3 Å². The second kappa shape index (κ2) is 9.07. The van der Waals surface area contributed by atoms with Crippen molar-refractivity contribution < 1.29 is 28.6 Å². The fraction of sp³-hybridized carbons (Fsp3) is 0.280. The molecule has 2 heterocycles. The molecule has 1 aliphatic heterocycles. The van der Waals surface area contributed by atoms with Gasteiger partial charge >= 0.3 is 0 Å². The summed E-state index contributed by atoms with van der Waals surface area (Å²) in [5.41, 5.74) is 2.22. The number of aliphatic hydroxyl groups is 1. The van der Waals surface area contributed by atoms with Gasteiger partial charge in [0.05, 0.1) is 24.3 Å². The van der Waals surface area contributed by atoms with Crippen LogP contribution in [-0.2, 0) is 14.3 Å². The Balaban J connectivity index is 1.97. The Kier molecular flexibility index (Phi) is 6.20. The van der Waals surface area contributed by atoms with E-state index in [0.29, 0.717) is 18.6 Å². The highest BCUT2D eigenvalue weighted by Crippen LogP contribution is 2.44. The smallest absolute Gasteiger partial charge is 0.295 e.